The summed E-state index contributed by atoms with van der Waals surface area (Å²) in [6.07, 6.45) is 0.254. The Kier molecular flexibility index (Phi) is 4.85. The Bertz CT molecular complexity index is 653. The summed E-state index contributed by atoms with van der Waals surface area (Å²) in [5.41, 5.74) is 3.14. The summed E-state index contributed by atoms with van der Waals surface area (Å²) in [7, 11) is 0. The molecule has 1 aromatic heterocycles. The van der Waals surface area contributed by atoms with Crippen molar-refractivity contribution in [1.82, 2.24) is 4.57 Å². The van der Waals surface area contributed by atoms with Gasteiger partial charge in [0.2, 0.25) is 0 Å². The molecule has 0 radical (unpaired) electrons. The molecule has 0 atom stereocenters. The molecular formula is C14H14Cl3NOS. The van der Waals surface area contributed by atoms with Crippen molar-refractivity contribution in [3.8, 4) is 0 Å². The predicted molar refractivity (Wildman–Crippen MR) is 87.6 cm³/mol. The van der Waals surface area contributed by atoms with Gasteiger partial charge in [0, 0.05) is 17.0 Å². The zero-order chi connectivity index (χ0) is 14.9. The number of halogens is 3. The molecule has 0 aliphatic heterocycles. The van der Waals surface area contributed by atoms with Gasteiger partial charge in [-0.2, -0.15) is 0 Å². The van der Waals surface area contributed by atoms with Crippen molar-refractivity contribution in [2.24, 2.45) is 0 Å². The summed E-state index contributed by atoms with van der Waals surface area (Å²) < 4.78 is 0.352. The lowest BCUT2D eigenvalue weighted by Gasteiger charge is -2.10. The number of thiazole rings is 1. The van der Waals surface area contributed by atoms with E-state index in [1.165, 1.54) is 5.56 Å². The Morgan fingerprint density at radius 2 is 1.75 bits per heavy atom. The van der Waals surface area contributed by atoms with Crippen molar-refractivity contribution >= 4 is 46.1 Å². The van der Waals surface area contributed by atoms with Gasteiger partial charge in [0.05, 0.1) is 6.54 Å². The highest BCUT2D eigenvalue weighted by molar-refractivity contribution is 7.09. The van der Waals surface area contributed by atoms with Crippen LogP contribution < -0.4 is 4.87 Å². The van der Waals surface area contributed by atoms with Crippen LogP contribution in [0.1, 0.15) is 21.7 Å². The Morgan fingerprint density at radius 1 is 1.15 bits per heavy atom. The molecule has 2 rings (SSSR count). The molecule has 1 aromatic carbocycles. The lowest BCUT2D eigenvalue weighted by atomic mass is 10.1. The maximum absolute atomic E-state index is 12.1. The molecule has 20 heavy (non-hydrogen) atoms. The molecule has 0 aliphatic rings. The van der Waals surface area contributed by atoms with Crippen LogP contribution in [0, 0.1) is 13.8 Å². The van der Waals surface area contributed by atoms with Crippen LogP contribution >= 0.6 is 46.1 Å². The van der Waals surface area contributed by atoms with Crippen LogP contribution in [0.2, 0.25) is 0 Å². The second-order valence-electron chi connectivity index (χ2n) is 4.74. The topological polar surface area (TPSA) is 22.0 Å². The highest BCUT2D eigenvalue weighted by Crippen LogP contribution is 2.32. The number of aryl methyl sites for hydroxylation is 1. The van der Waals surface area contributed by atoms with Gasteiger partial charge in [-0.3, -0.25) is 9.36 Å². The number of aromatic nitrogens is 1. The third-order valence-corrected chi connectivity index (χ3v) is 4.54. The monoisotopic (exact) mass is 349 g/mol. The van der Waals surface area contributed by atoms with E-state index >= 15 is 0 Å². The summed E-state index contributed by atoms with van der Waals surface area (Å²) in [5.74, 6) is 0. The van der Waals surface area contributed by atoms with E-state index in [0.717, 1.165) is 27.5 Å². The second kappa shape index (κ2) is 6.10. The quantitative estimate of drug-likeness (QED) is 0.748. The van der Waals surface area contributed by atoms with E-state index < -0.39 is 3.79 Å². The fourth-order valence-electron chi connectivity index (χ4n) is 1.93. The fourth-order valence-corrected chi connectivity index (χ4v) is 3.63. The highest BCUT2D eigenvalue weighted by Gasteiger charge is 2.24. The minimum Gasteiger partial charge on any atom is -0.299 e. The van der Waals surface area contributed by atoms with Gasteiger partial charge in [0.1, 0.15) is 0 Å². The SMILES string of the molecule is Cc1ccc(Cn2c(C)c(CC(Cl)(Cl)Cl)sc2=O)cc1. The van der Waals surface area contributed by atoms with Crippen molar-refractivity contribution in [1.29, 1.82) is 0 Å². The smallest absolute Gasteiger partial charge is 0.299 e. The molecule has 6 heteroatoms. The van der Waals surface area contributed by atoms with Crippen LogP contribution in [-0.4, -0.2) is 8.36 Å². The van der Waals surface area contributed by atoms with Gasteiger partial charge in [-0.15, -0.1) is 0 Å². The molecule has 0 bridgehead atoms. The van der Waals surface area contributed by atoms with Crippen LogP contribution in [0.5, 0.6) is 0 Å². The molecule has 0 amide bonds. The number of alkyl halides is 3. The van der Waals surface area contributed by atoms with Gasteiger partial charge in [0.15, 0.2) is 3.79 Å². The standard InChI is InChI=1S/C14H14Cl3NOS/c1-9-3-5-11(6-4-9)8-18-10(2)12(20-13(18)19)7-14(15,16)17/h3-6H,7-8H2,1-2H3. The zero-order valence-electron chi connectivity index (χ0n) is 11.1. The Hall–Kier alpha value is -0.480. The molecule has 2 aromatic rings. The number of hydrogen-bond donors (Lipinski definition) is 0. The Morgan fingerprint density at radius 3 is 2.30 bits per heavy atom. The third-order valence-electron chi connectivity index (χ3n) is 3.06. The Labute approximate surface area is 136 Å². The second-order valence-corrected chi connectivity index (χ2v) is 8.30. The Balaban J connectivity index is 2.29. The van der Waals surface area contributed by atoms with Crippen molar-refractivity contribution in [3.63, 3.8) is 0 Å². The van der Waals surface area contributed by atoms with E-state index in [0.29, 0.717) is 6.54 Å². The maximum atomic E-state index is 12.1. The molecule has 0 saturated carbocycles. The van der Waals surface area contributed by atoms with Gasteiger partial charge < -0.3 is 0 Å². The van der Waals surface area contributed by atoms with Gasteiger partial charge in [0.25, 0.3) is 0 Å². The van der Waals surface area contributed by atoms with Gasteiger partial charge in [-0.05, 0) is 19.4 Å². The number of benzene rings is 1. The first-order valence-corrected chi connectivity index (χ1v) is 8.03. The van der Waals surface area contributed by atoms with Crippen molar-refractivity contribution in [3.05, 3.63) is 55.6 Å². The predicted octanol–water partition coefficient (Wildman–Crippen LogP) is 4.49. The molecule has 0 unspecified atom stereocenters. The van der Waals surface area contributed by atoms with Crippen LogP contribution in [0.15, 0.2) is 29.1 Å². The van der Waals surface area contributed by atoms with Crippen molar-refractivity contribution in [2.45, 2.75) is 30.6 Å². The van der Waals surface area contributed by atoms with Gasteiger partial charge in [-0.25, -0.2) is 0 Å². The summed E-state index contributed by atoms with van der Waals surface area (Å²) in [4.78, 5) is 12.9. The van der Waals surface area contributed by atoms with E-state index in [9.17, 15) is 4.79 Å². The first-order valence-electron chi connectivity index (χ1n) is 6.07. The summed E-state index contributed by atoms with van der Waals surface area (Å²) >= 11 is 18.6. The minimum absolute atomic E-state index is 0.0210. The molecule has 2 nitrogen and oxygen atoms in total. The molecule has 0 spiro atoms. The maximum Gasteiger partial charge on any atom is 0.307 e. The van der Waals surface area contributed by atoms with Gasteiger partial charge in [-0.1, -0.05) is 76.0 Å². The molecular weight excluding hydrogens is 337 g/mol. The van der Waals surface area contributed by atoms with Crippen LogP contribution in [0.25, 0.3) is 0 Å². The van der Waals surface area contributed by atoms with E-state index in [1.807, 2.05) is 38.1 Å². The lowest BCUT2D eigenvalue weighted by molar-refractivity contribution is 0.746. The third kappa shape index (κ3) is 4.01. The number of nitrogens with zero attached hydrogens (tertiary/aromatic N) is 1. The summed E-state index contributed by atoms with van der Waals surface area (Å²) in [5, 5.41) is 0. The van der Waals surface area contributed by atoms with E-state index in [4.69, 9.17) is 34.8 Å². The lowest BCUT2D eigenvalue weighted by Crippen LogP contribution is -2.15. The van der Waals surface area contributed by atoms with Crippen molar-refractivity contribution < 1.29 is 0 Å². The van der Waals surface area contributed by atoms with Crippen molar-refractivity contribution in [2.75, 3.05) is 0 Å². The molecule has 0 N–H and O–H groups in total. The molecule has 108 valence electrons. The first kappa shape index (κ1) is 15.9. The van der Waals surface area contributed by atoms with E-state index in [2.05, 4.69) is 0 Å². The van der Waals surface area contributed by atoms with E-state index in [-0.39, 0.29) is 11.3 Å². The average Bonchev–Trinajstić information content (AvgIpc) is 2.57. The number of hydrogen-bond acceptors (Lipinski definition) is 2. The van der Waals surface area contributed by atoms with Crippen LogP contribution in [0.4, 0.5) is 0 Å². The average molecular weight is 351 g/mol. The molecule has 0 aliphatic carbocycles. The highest BCUT2D eigenvalue weighted by atomic mass is 35.6. The van der Waals surface area contributed by atoms with Crippen LogP contribution in [-0.2, 0) is 13.0 Å². The summed E-state index contributed by atoms with van der Waals surface area (Å²) in [6.45, 7) is 4.46. The largest absolute Gasteiger partial charge is 0.307 e. The van der Waals surface area contributed by atoms with Gasteiger partial charge >= 0.3 is 4.87 Å². The normalized spacial score (nSPS) is 11.8. The molecule has 0 saturated heterocycles. The number of rotatable bonds is 3. The molecule has 1 heterocycles. The molecule has 0 fully saturated rings. The van der Waals surface area contributed by atoms with E-state index in [1.54, 1.807) is 4.57 Å². The van der Waals surface area contributed by atoms with Crippen LogP contribution in [0.3, 0.4) is 0 Å². The first-order chi connectivity index (χ1) is 9.26. The zero-order valence-corrected chi connectivity index (χ0v) is 14.2. The fraction of sp³-hybridized carbons (Fsp3) is 0.357. The minimum atomic E-state index is -1.37. The summed E-state index contributed by atoms with van der Waals surface area (Å²) in [6, 6.07) is 8.11.